The molecule has 0 saturated heterocycles. The summed E-state index contributed by atoms with van der Waals surface area (Å²) in [5, 5.41) is 2.68. The van der Waals surface area contributed by atoms with Crippen molar-refractivity contribution in [2.45, 2.75) is 10.7 Å². The van der Waals surface area contributed by atoms with Crippen molar-refractivity contribution in [1.82, 2.24) is 0 Å². The molecule has 116 valence electrons. The first-order valence-corrected chi connectivity index (χ1v) is 7.54. The van der Waals surface area contributed by atoms with E-state index in [1.165, 1.54) is 0 Å². The van der Waals surface area contributed by atoms with Crippen LogP contribution >= 0.6 is 11.8 Å². The largest absolute Gasteiger partial charge is 0.365 e. The van der Waals surface area contributed by atoms with Gasteiger partial charge < -0.3 is 10.2 Å². The van der Waals surface area contributed by atoms with E-state index >= 15 is 0 Å². The maximum Gasteiger partial charge on any atom is 0.288 e. The number of nitrogens with one attached hydrogen (secondary N) is 1. The van der Waals surface area contributed by atoms with E-state index < -0.39 is 5.76 Å². The number of rotatable bonds is 6. The molecule has 0 bridgehead atoms. The molecule has 22 heavy (non-hydrogen) atoms. The summed E-state index contributed by atoms with van der Waals surface area (Å²) in [6.45, 7) is 0.137. The van der Waals surface area contributed by atoms with Crippen LogP contribution in [0.4, 0.5) is 20.2 Å². The number of alkyl halides is 2. The molecule has 0 heterocycles. The Morgan fingerprint density at radius 2 is 1.77 bits per heavy atom. The van der Waals surface area contributed by atoms with Crippen molar-refractivity contribution in [1.29, 1.82) is 0 Å². The Hall–Kier alpha value is -2.08. The van der Waals surface area contributed by atoms with Gasteiger partial charge in [-0.3, -0.25) is 4.79 Å². The first-order valence-electron chi connectivity index (χ1n) is 6.66. The van der Waals surface area contributed by atoms with E-state index in [9.17, 15) is 13.6 Å². The zero-order chi connectivity index (χ0) is 15.9. The Morgan fingerprint density at radius 1 is 1.14 bits per heavy atom. The minimum atomic E-state index is -2.52. The number of benzene rings is 2. The van der Waals surface area contributed by atoms with Crippen LogP contribution in [0.2, 0.25) is 0 Å². The average Bonchev–Trinajstić information content (AvgIpc) is 2.49. The molecule has 1 N–H and O–H groups in total. The Balaban J connectivity index is 2.00. The second-order valence-electron chi connectivity index (χ2n) is 4.61. The molecule has 0 aliphatic rings. The van der Waals surface area contributed by atoms with E-state index in [-0.39, 0.29) is 12.5 Å². The molecule has 0 radical (unpaired) electrons. The molecule has 2 aromatic carbocycles. The second kappa shape index (κ2) is 7.79. The Labute approximate surface area is 132 Å². The number of hydrogen-bond donors (Lipinski definition) is 1. The molecule has 0 spiro atoms. The van der Waals surface area contributed by atoms with Crippen molar-refractivity contribution in [3.8, 4) is 0 Å². The Kier molecular flexibility index (Phi) is 5.77. The number of para-hydroxylation sites is 2. The zero-order valence-corrected chi connectivity index (χ0v) is 12.8. The van der Waals surface area contributed by atoms with Crippen LogP contribution in [0.1, 0.15) is 0 Å². The van der Waals surface area contributed by atoms with Crippen LogP contribution in [0.5, 0.6) is 0 Å². The smallest absolute Gasteiger partial charge is 0.288 e. The zero-order valence-electron chi connectivity index (χ0n) is 12.0. The number of halogens is 2. The molecule has 0 fully saturated rings. The minimum absolute atomic E-state index is 0.137. The number of likely N-dealkylation sites (N-methyl/N-ethyl adjacent to an activating group) is 1. The van der Waals surface area contributed by atoms with Gasteiger partial charge in [0.2, 0.25) is 5.91 Å². The van der Waals surface area contributed by atoms with Gasteiger partial charge in [-0.15, -0.1) is 0 Å². The van der Waals surface area contributed by atoms with E-state index in [2.05, 4.69) is 5.32 Å². The van der Waals surface area contributed by atoms with Gasteiger partial charge in [-0.25, -0.2) is 0 Å². The van der Waals surface area contributed by atoms with Gasteiger partial charge in [0.25, 0.3) is 5.76 Å². The monoisotopic (exact) mass is 322 g/mol. The van der Waals surface area contributed by atoms with Gasteiger partial charge in [0.05, 0.1) is 12.2 Å². The van der Waals surface area contributed by atoms with E-state index in [0.717, 1.165) is 5.69 Å². The molecule has 6 heteroatoms. The lowest BCUT2D eigenvalue weighted by atomic mass is 10.3. The normalized spacial score (nSPS) is 10.5. The standard InChI is InChI=1S/C16H16F2N2OS/c1-20(12-7-3-2-4-8-12)11-15(21)19-13-9-5-6-10-14(13)22-16(17)18/h2-10,16H,11H2,1H3,(H,19,21). The summed E-state index contributed by atoms with van der Waals surface area (Å²) in [6.07, 6.45) is 0. The minimum Gasteiger partial charge on any atom is -0.365 e. The maximum atomic E-state index is 12.5. The number of hydrogen-bond acceptors (Lipinski definition) is 3. The Morgan fingerprint density at radius 3 is 2.45 bits per heavy atom. The van der Waals surface area contributed by atoms with E-state index in [1.54, 1.807) is 36.2 Å². The number of carbonyl (C=O) groups is 1. The summed E-state index contributed by atoms with van der Waals surface area (Å²) < 4.78 is 25.0. The summed E-state index contributed by atoms with van der Waals surface area (Å²) >= 11 is 0.421. The first-order chi connectivity index (χ1) is 10.6. The Bertz CT molecular complexity index is 623. The fraction of sp³-hybridized carbons (Fsp3) is 0.188. The number of carbonyl (C=O) groups excluding carboxylic acids is 1. The van der Waals surface area contributed by atoms with Gasteiger partial charge >= 0.3 is 0 Å². The SMILES string of the molecule is CN(CC(=O)Nc1ccccc1SC(F)F)c1ccccc1. The number of nitrogens with zero attached hydrogens (tertiary/aromatic N) is 1. The highest BCUT2D eigenvalue weighted by Crippen LogP contribution is 2.31. The van der Waals surface area contributed by atoms with Gasteiger partial charge in [-0.1, -0.05) is 42.1 Å². The quantitative estimate of drug-likeness (QED) is 0.814. The van der Waals surface area contributed by atoms with Crippen LogP contribution in [0, 0.1) is 0 Å². The van der Waals surface area contributed by atoms with Crippen LogP contribution in [-0.2, 0) is 4.79 Å². The van der Waals surface area contributed by atoms with Crippen molar-refractivity contribution in [2.24, 2.45) is 0 Å². The molecule has 0 atom stereocenters. The summed E-state index contributed by atoms with van der Waals surface area (Å²) in [6, 6.07) is 16.0. The van der Waals surface area contributed by atoms with Crippen molar-refractivity contribution >= 4 is 29.0 Å². The van der Waals surface area contributed by atoms with E-state index in [0.29, 0.717) is 22.3 Å². The molecule has 2 rings (SSSR count). The molecule has 0 aliphatic carbocycles. The third-order valence-electron chi connectivity index (χ3n) is 2.95. The van der Waals surface area contributed by atoms with Crippen molar-refractivity contribution in [2.75, 3.05) is 23.8 Å². The summed E-state index contributed by atoms with van der Waals surface area (Å²) in [7, 11) is 1.80. The first kappa shape index (κ1) is 16.3. The molecule has 0 aromatic heterocycles. The third-order valence-corrected chi connectivity index (χ3v) is 3.74. The lowest BCUT2D eigenvalue weighted by Gasteiger charge is -2.19. The van der Waals surface area contributed by atoms with Crippen LogP contribution < -0.4 is 10.2 Å². The van der Waals surface area contributed by atoms with Crippen molar-refractivity contribution in [3.63, 3.8) is 0 Å². The molecule has 1 amide bonds. The highest BCUT2D eigenvalue weighted by atomic mass is 32.2. The van der Waals surface area contributed by atoms with Gasteiger partial charge in [-0.05, 0) is 24.3 Å². The fourth-order valence-corrected chi connectivity index (χ4v) is 2.54. The highest BCUT2D eigenvalue weighted by Gasteiger charge is 2.13. The van der Waals surface area contributed by atoms with Crippen molar-refractivity contribution in [3.05, 3.63) is 54.6 Å². The molecule has 3 nitrogen and oxygen atoms in total. The van der Waals surface area contributed by atoms with Gasteiger partial charge in [0.1, 0.15) is 0 Å². The molecule has 0 saturated carbocycles. The third kappa shape index (κ3) is 4.73. The van der Waals surface area contributed by atoms with Gasteiger partial charge in [0, 0.05) is 17.6 Å². The lowest BCUT2D eigenvalue weighted by Crippen LogP contribution is -2.30. The number of amides is 1. The molecule has 2 aromatic rings. The molecule has 0 unspecified atom stereocenters. The number of thioether (sulfide) groups is 1. The molecule has 0 aliphatic heterocycles. The van der Waals surface area contributed by atoms with Crippen molar-refractivity contribution < 1.29 is 13.6 Å². The van der Waals surface area contributed by atoms with E-state index in [1.807, 2.05) is 30.3 Å². The molecular weight excluding hydrogens is 306 g/mol. The second-order valence-corrected chi connectivity index (χ2v) is 5.65. The lowest BCUT2D eigenvalue weighted by molar-refractivity contribution is -0.114. The summed E-state index contributed by atoms with van der Waals surface area (Å²) in [5.74, 6) is -2.78. The molecular formula is C16H16F2N2OS. The maximum absolute atomic E-state index is 12.5. The average molecular weight is 322 g/mol. The summed E-state index contributed by atoms with van der Waals surface area (Å²) in [4.78, 5) is 14.2. The van der Waals surface area contributed by atoms with Gasteiger partial charge in [0.15, 0.2) is 0 Å². The van der Waals surface area contributed by atoms with Crippen LogP contribution in [0.15, 0.2) is 59.5 Å². The fourth-order valence-electron chi connectivity index (χ4n) is 1.95. The predicted molar refractivity (Wildman–Crippen MR) is 86.6 cm³/mol. The topological polar surface area (TPSA) is 32.3 Å². The van der Waals surface area contributed by atoms with E-state index in [4.69, 9.17) is 0 Å². The van der Waals surface area contributed by atoms with Crippen LogP contribution in [0.25, 0.3) is 0 Å². The number of anilines is 2. The van der Waals surface area contributed by atoms with Crippen LogP contribution in [0.3, 0.4) is 0 Å². The highest BCUT2D eigenvalue weighted by molar-refractivity contribution is 7.99. The van der Waals surface area contributed by atoms with Gasteiger partial charge in [-0.2, -0.15) is 8.78 Å². The van der Waals surface area contributed by atoms with Crippen LogP contribution in [-0.4, -0.2) is 25.3 Å². The predicted octanol–water partition coefficient (Wildman–Crippen LogP) is 4.08. The summed E-state index contributed by atoms with van der Waals surface area (Å²) in [5.41, 5.74) is 1.31.